The van der Waals surface area contributed by atoms with E-state index < -0.39 is 0 Å². The van der Waals surface area contributed by atoms with Crippen LogP contribution in [0.25, 0.3) is 11.3 Å². The second-order valence-corrected chi connectivity index (χ2v) is 4.41. The molecule has 1 aliphatic rings. The lowest BCUT2D eigenvalue weighted by atomic mass is 10.1. The first-order chi connectivity index (χ1) is 6.95. The highest BCUT2D eigenvalue weighted by molar-refractivity contribution is 7.99. The number of thioether (sulfide) groups is 1. The molecule has 0 fully saturated rings. The smallest absolute Gasteiger partial charge is 0.171 e. The summed E-state index contributed by atoms with van der Waals surface area (Å²) >= 11 is 1.88. The SMILES string of the molecule is c1ccc2c(c1)SCCc1cnoc1-2. The maximum atomic E-state index is 5.30. The van der Waals surface area contributed by atoms with Crippen LogP contribution in [0.3, 0.4) is 0 Å². The van der Waals surface area contributed by atoms with Gasteiger partial charge in [0.05, 0.1) is 6.20 Å². The van der Waals surface area contributed by atoms with E-state index in [0.29, 0.717) is 0 Å². The zero-order valence-corrected chi connectivity index (χ0v) is 8.38. The van der Waals surface area contributed by atoms with Gasteiger partial charge in [-0.25, -0.2) is 0 Å². The highest BCUT2D eigenvalue weighted by atomic mass is 32.2. The van der Waals surface area contributed by atoms with Crippen LogP contribution in [0.5, 0.6) is 0 Å². The van der Waals surface area contributed by atoms with Gasteiger partial charge in [-0.3, -0.25) is 0 Å². The Kier molecular flexibility index (Phi) is 1.84. The van der Waals surface area contributed by atoms with Gasteiger partial charge < -0.3 is 4.52 Å². The molecular formula is C11H9NOS. The molecule has 1 aromatic carbocycles. The van der Waals surface area contributed by atoms with E-state index >= 15 is 0 Å². The van der Waals surface area contributed by atoms with Gasteiger partial charge in [0.1, 0.15) is 0 Å². The van der Waals surface area contributed by atoms with Crippen molar-refractivity contribution in [1.82, 2.24) is 5.16 Å². The lowest BCUT2D eigenvalue weighted by molar-refractivity contribution is 0.431. The van der Waals surface area contributed by atoms with Crippen LogP contribution in [-0.4, -0.2) is 10.9 Å². The number of fused-ring (bicyclic) bond motifs is 3. The monoisotopic (exact) mass is 203 g/mol. The standard InChI is InChI=1S/C11H9NOS/c1-2-4-10-9(3-1)11-8(5-6-14-10)7-12-13-11/h1-4,7H,5-6H2. The van der Waals surface area contributed by atoms with Gasteiger partial charge >= 0.3 is 0 Å². The van der Waals surface area contributed by atoms with Crippen molar-refractivity contribution in [2.24, 2.45) is 0 Å². The zero-order chi connectivity index (χ0) is 9.38. The van der Waals surface area contributed by atoms with Gasteiger partial charge in [0.15, 0.2) is 5.76 Å². The van der Waals surface area contributed by atoms with E-state index in [4.69, 9.17) is 4.52 Å². The Morgan fingerprint density at radius 3 is 3.21 bits per heavy atom. The molecule has 14 heavy (non-hydrogen) atoms. The van der Waals surface area contributed by atoms with E-state index in [-0.39, 0.29) is 0 Å². The maximum Gasteiger partial charge on any atom is 0.171 e. The average Bonchev–Trinajstić information content (AvgIpc) is 2.61. The number of benzene rings is 1. The van der Waals surface area contributed by atoms with Crippen molar-refractivity contribution in [3.8, 4) is 11.3 Å². The summed E-state index contributed by atoms with van der Waals surface area (Å²) in [5, 5.41) is 3.86. The molecule has 1 aliphatic heterocycles. The van der Waals surface area contributed by atoms with Crippen LogP contribution in [0.4, 0.5) is 0 Å². The van der Waals surface area contributed by atoms with Crippen LogP contribution < -0.4 is 0 Å². The van der Waals surface area contributed by atoms with Gasteiger partial charge in [-0.05, 0) is 18.6 Å². The third-order valence-electron chi connectivity index (χ3n) is 2.40. The third kappa shape index (κ3) is 1.16. The van der Waals surface area contributed by atoms with Crippen LogP contribution >= 0.6 is 11.8 Å². The van der Waals surface area contributed by atoms with Crippen molar-refractivity contribution in [3.63, 3.8) is 0 Å². The van der Waals surface area contributed by atoms with E-state index in [1.54, 1.807) is 0 Å². The Balaban J connectivity index is 2.27. The quantitative estimate of drug-likeness (QED) is 0.658. The van der Waals surface area contributed by atoms with Crippen LogP contribution in [0, 0.1) is 0 Å². The summed E-state index contributed by atoms with van der Waals surface area (Å²) in [6.07, 6.45) is 2.87. The molecule has 3 heteroatoms. The van der Waals surface area contributed by atoms with Gasteiger partial charge in [0.25, 0.3) is 0 Å². The molecule has 0 atom stereocenters. The van der Waals surface area contributed by atoms with E-state index in [9.17, 15) is 0 Å². The first kappa shape index (κ1) is 8.12. The van der Waals surface area contributed by atoms with Crippen molar-refractivity contribution in [3.05, 3.63) is 36.0 Å². The fourth-order valence-electron chi connectivity index (χ4n) is 1.71. The molecule has 0 aliphatic carbocycles. The van der Waals surface area contributed by atoms with Gasteiger partial charge in [-0.15, -0.1) is 11.8 Å². The van der Waals surface area contributed by atoms with Crippen molar-refractivity contribution >= 4 is 11.8 Å². The molecule has 70 valence electrons. The minimum Gasteiger partial charge on any atom is -0.356 e. The summed E-state index contributed by atoms with van der Waals surface area (Å²) in [6.45, 7) is 0. The largest absolute Gasteiger partial charge is 0.356 e. The molecule has 1 aromatic heterocycles. The molecule has 2 heterocycles. The molecule has 0 spiro atoms. The Morgan fingerprint density at radius 1 is 1.29 bits per heavy atom. The Hall–Kier alpha value is -1.22. The highest BCUT2D eigenvalue weighted by Gasteiger charge is 2.17. The summed E-state index contributed by atoms with van der Waals surface area (Å²) in [7, 11) is 0. The van der Waals surface area contributed by atoms with Gasteiger partial charge in [-0.1, -0.05) is 17.3 Å². The Labute approximate surface area is 86.3 Å². The molecule has 0 saturated heterocycles. The predicted octanol–water partition coefficient (Wildman–Crippen LogP) is 2.99. The Bertz CT molecular complexity index is 464. The highest BCUT2D eigenvalue weighted by Crippen LogP contribution is 2.36. The number of hydrogen-bond acceptors (Lipinski definition) is 3. The minimum absolute atomic E-state index is 0.950. The molecule has 2 nitrogen and oxygen atoms in total. The van der Waals surface area contributed by atoms with E-state index in [1.165, 1.54) is 16.0 Å². The molecule has 3 rings (SSSR count). The molecule has 0 saturated carbocycles. The molecule has 2 aromatic rings. The topological polar surface area (TPSA) is 26.0 Å². The van der Waals surface area contributed by atoms with Crippen LogP contribution in [0.15, 0.2) is 39.9 Å². The van der Waals surface area contributed by atoms with E-state index in [0.717, 1.165) is 17.9 Å². The fourth-order valence-corrected chi connectivity index (χ4v) is 2.74. The van der Waals surface area contributed by atoms with Gasteiger partial charge in [0, 0.05) is 21.8 Å². The predicted molar refractivity (Wildman–Crippen MR) is 56.4 cm³/mol. The molecule has 0 amide bonds. The van der Waals surface area contributed by atoms with Crippen molar-refractivity contribution in [1.29, 1.82) is 0 Å². The number of hydrogen-bond donors (Lipinski definition) is 0. The van der Waals surface area contributed by atoms with Gasteiger partial charge in [0.2, 0.25) is 0 Å². The summed E-state index contributed by atoms with van der Waals surface area (Å²) in [5.74, 6) is 2.05. The third-order valence-corrected chi connectivity index (χ3v) is 3.48. The summed E-state index contributed by atoms with van der Waals surface area (Å²) < 4.78 is 5.30. The average molecular weight is 203 g/mol. The normalized spacial score (nSPS) is 14.3. The summed E-state index contributed by atoms with van der Waals surface area (Å²) in [4.78, 5) is 1.29. The summed E-state index contributed by atoms with van der Waals surface area (Å²) in [6, 6.07) is 8.33. The van der Waals surface area contributed by atoms with E-state index in [2.05, 4.69) is 23.4 Å². The second kappa shape index (κ2) is 3.17. The van der Waals surface area contributed by atoms with Crippen molar-refractivity contribution in [2.45, 2.75) is 11.3 Å². The van der Waals surface area contributed by atoms with Gasteiger partial charge in [-0.2, -0.15) is 0 Å². The molecule has 0 bridgehead atoms. The van der Waals surface area contributed by atoms with Crippen LogP contribution in [0.1, 0.15) is 5.56 Å². The van der Waals surface area contributed by atoms with Crippen LogP contribution in [0.2, 0.25) is 0 Å². The maximum absolute atomic E-state index is 5.30. The number of rotatable bonds is 0. The molecule has 0 N–H and O–H groups in total. The second-order valence-electron chi connectivity index (χ2n) is 3.27. The lowest BCUT2D eigenvalue weighted by Gasteiger charge is -2.01. The first-order valence-electron chi connectivity index (χ1n) is 4.61. The first-order valence-corrected chi connectivity index (χ1v) is 5.59. The van der Waals surface area contributed by atoms with E-state index in [1.807, 2.05) is 24.0 Å². The van der Waals surface area contributed by atoms with Crippen molar-refractivity contribution < 1.29 is 4.52 Å². The molecule has 0 unspecified atom stereocenters. The Morgan fingerprint density at radius 2 is 2.21 bits per heavy atom. The fraction of sp³-hybridized carbons (Fsp3) is 0.182. The number of aromatic nitrogens is 1. The number of aryl methyl sites for hydroxylation is 1. The molecule has 0 radical (unpaired) electrons. The lowest BCUT2D eigenvalue weighted by Crippen LogP contribution is -1.83. The van der Waals surface area contributed by atoms with Crippen LogP contribution in [-0.2, 0) is 6.42 Å². The molecular weight excluding hydrogens is 194 g/mol. The summed E-state index contributed by atoms with van der Waals surface area (Å²) in [5.41, 5.74) is 2.41. The zero-order valence-electron chi connectivity index (χ0n) is 7.56. The number of nitrogens with zero attached hydrogens (tertiary/aromatic N) is 1. The minimum atomic E-state index is 0.950. The van der Waals surface area contributed by atoms with Crippen molar-refractivity contribution in [2.75, 3.05) is 5.75 Å².